The molecule has 16 heavy (non-hydrogen) atoms. The molecule has 0 aromatic heterocycles. The highest BCUT2D eigenvalue weighted by Crippen LogP contribution is 2.24. The Kier molecular flexibility index (Phi) is 5.18. The van der Waals surface area contributed by atoms with E-state index in [1.807, 2.05) is 0 Å². The van der Waals surface area contributed by atoms with Gasteiger partial charge in [-0.15, -0.1) is 0 Å². The lowest BCUT2D eigenvalue weighted by atomic mass is 10.2. The third-order valence-corrected chi connectivity index (χ3v) is 2.59. The van der Waals surface area contributed by atoms with Crippen LogP contribution in [0.4, 0.5) is 15.8 Å². The summed E-state index contributed by atoms with van der Waals surface area (Å²) in [5.41, 5.74) is 0.139. The van der Waals surface area contributed by atoms with E-state index in [1.165, 1.54) is 6.07 Å². The number of rotatable bonds is 6. The molecule has 0 heterocycles. The highest BCUT2D eigenvalue weighted by atomic mass is 79.9. The molecule has 0 unspecified atom stereocenters. The van der Waals surface area contributed by atoms with Crippen molar-refractivity contribution in [1.29, 1.82) is 0 Å². The van der Waals surface area contributed by atoms with Gasteiger partial charge >= 0.3 is 0 Å². The fourth-order valence-corrected chi connectivity index (χ4v) is 1.65. The van der Waals surface area contributed by atoms with Gasteiger partial charge in [0.1, 0.15) is 11.5 Å². The van der Waals surface area contributed by atoms with E-state index in [0.29, 0.717) is 6.54 Å². The van der Waals surface area contributed by atoms with Crippen LogP contribution in [0.3, 0.4) is 0 Å². The molecule has 0 amide bonds. The standard InChI is InChI=1S/C10H12BrFN2O2/c11-5-1-2-6-13-9-7-8(12)3-4-10(9)14(15)16/h3-4,7,13H,1-2,5-6H2. The summed E-state index contributed by atoms with van der Waals surface area (Å²) < 4.78 is 12.9. The van der Waals surface area contributed by atoms with Crippen molar-refractivity contribution in [2.45, 2.75) is 12.8 Å². The number of nitro groups is 1. The van der Waals surface area contributed by atoms with Gasteiger partial charge in [0, 0.05) is 24.0 Å². The Hall–Kier alpha value is -1.17. The van der Waals surface area contributed by atoms with E-state index in [9.17, 15) is 14.5 Å². The van der Waals surface area contributed by atoms with Gasteiger partial charge in [-0.2, -0.15) is 0 Å². The minimum atomic E-state index is -0.522. The van der Waals surface area contributed by atoms with Crippen molar-refractivity contribution in [3.63, 3.8) is 0 Å². The highest BCUT2D eigenvalue weighted by Gasteiger charge is 2.13. The molecule has 0 bridgehead atoms. The summed E-state index contributed by atoms with van der Waals surface area (Å²) in [6, 6.07) is 3.40. The fourth-order valence-electron chi connectivity index (χ4n) is 1.25. The number of nitrogens with zero attached hydrogens (tertiary/aromatic N) is 1. The van der Waals surface area contributed by atoms with Crippen LogP contribution in [0.5, 0.6) is 0 Å². The van der Waals surface area contributed by atoms with Crippen LogP contribution in [0.1, 0.15) is 12.8 Å². The van der Waals surface area contributed by atoms with Crippen molar-refractivity contribution in [2.75, 3.05) is 17.2 Å². The summed E-state index contributed by atoms with van der Waals surface area (Å²) >= 11 is 3.29. The average molecular weight is 291 g/mol. The number of halogens is 2. The summed E-state index contributed by atoms with van der Waals surface area (Å²) in [4.78, 5) is 10.1. The normalized spacial score (nSPS) is 10.1. The summed E-state index contributed by atoms with van der Waals surface area (Å²) in [6.45, 7) is 0.593. The Morgan fingerprint density at radius 3 is 2.81 bits per heavy atom. The fraction of sp³-hybridized carbons (Fsp3) is 0.400. The van der Waals surface area contributed by atoms with Crippen molar-refractivity contribution < 1.29 is 9.31 Å². The smallest absolute Gasteiger partial charge is 0.292 e. The zero-order chi connectivity index (χ0) is 12.0. The van der Waals surface area contributed by atoms with Crippen molar-refractivity contribution in [3.05, 3.63) is 34.1 Å². The third kappa shape index (κ3) is 3.77. The summed E-state index contributed by atoms with van der Waals surface area (Å²) in [5, 5.41) is 14.4. The predicted octanol–water partition coefficient (Wildman–Crippen LogP) is 3.32. The Labute approximate surface area is 101 Å². The third-order valence-electron chi connectivity index (χ3n) is 2.03. The van der Waals surface area contributed by atoms with E-state index in [4.69, 9.17) is 0 Å². The van der Waals surface area contributed by atoms with Gasteiger partial charge in [0.15, 0.2) is 0 Å². The molecule has 0 saturated carbocycles. The molecule has 0 atom stereocenters. The van der Waals surface area contributed by atoms with Crippen LogP contribution in [-0.4, -0.2) is 16.8 Å². The molecule has 1 aromatic carbocycles. The highest BCUT2D eigenvalue weighted by molar-refractivity contribution is 9.09. The van der Waals surface area contributed by atoms with Crippen LogP contribution in [0, 0.1) is 15.9 Å². The van der Waals surface area contributed by atoms with E-state index in [2.05, 4.69) is 21.2 Å². The van der Waals surface area contributed by atoms with Gasteiger partial charge in [-0.05, 0) is 18.9 Å². The predicted molar refractivity (Wildman–Crippen MR) is 64.6 cm³/mol. The van der Waals surface area contributed by atoms with E-state index in [-0.39, 0.29) is 11.4 Å². The number of anilines is 1. The second-order valence-corrected chi connectivity index (χ2v) is 4.03. The largest absolute Gasteiger partial charge is 0.379 e. The van der Waals surface area contributed by atoms with Gasteiger partial charge in [0.25, 0.3) is 5.69 Å². The van der Waals surface area contributed by atoms with Crippen LogP contribution < -0.4 is 5.32 Å². The van der Waals surface area contributed by atoms with Gasteiger partial charge in [-0.25, -0.2) is 4.39 Å². The molecular weight excluding hydrogens is 279 g/mol. The quantitative estimate of drug-likeness (QED) is 0.378. The number of benzene rings is 1. The maximum atomic E-state index is 12.9. The molecule has 0 fully saturated rings. The van der Waals surface area contributed by atoms with E-state index >= 15 is 0 Å². The lowest BCUT2D eigenvalue weighted by Crippen LogP contribution is -2.04. The van der Waals surface area contributed by atoms with Crippen molar-refractivity contribution in [2.24, 2.45) is 0 Å². The van der Waals surface area contributed by atoms with Crippen LogP contribution >= 0.6 is 15.9 Å². The van der Waals surface area contributed by atoms with Crippen molar-refractivity contribution >= 4 is 27.3 Å². The zero-order valence-electron chi connectivity index (χ0n) is 8.58. The number of hydrogen-bond donors (Lipinski definition) is 1. The minimum Gasteiger partial charge on any atom is -0.379 e. The Morgan fingerprint density at radius 1 is 1.44 bits per heavy atom. The first-order valence-electron chi connectivity index (χ1n) is 4.89. The Bertz CT molecular complexity index is 374. The van der Waals surface area contributed by atoms with Crippen LogP contribution in [0.2, 0.25) is 0 Å². The maximum Gasteiger partial charge on any atom is 0.292 e. The zero-order valence-corrected chi connectivity index (χ0v) is 10.2. The van der Waals surface area contributed by atoms with Crippen molar-refractivity contribution in [1.82, 2.24) is 0 Å². The number of alkyl halides is 1. The minimum absolute atomic E-state index is 0.0970. The molecule has 88 valence electrons. The summed E-state index contributed by atoms with van der Waals surface area (Å²) in [7, 11) is 0. The van der Waals surface area contributed by atoms with E-state index < -0.39 is 10.7 Å². The number of unbranched alkanes of at least 4 members (excludes halogenated alkanes) is 1. The van der Waals surface area contributed by atoms with Crippen LogP contribution in [-0.2, 0) is 0 Å². The topological polar surface area (TPSA) is 55.2 Å². The first kappa shape index (κ1) is 12.9. The second kappa shape index (κ2) is 6.42. The van der Waals surface area contributed by atoms with Gasteiger partial charge in [-0.3, -0.25) is 10.1 Å². The van der Waals surface area contributed by atoms with Gasteiger partial charge in [-0.1, -0.05) is 15.9 Å². The van der Waals surface area contributed by atoms with Crippen molar-refractivity contribution in [3.8, 4) is 0 Å². The maximum absolute atomic E-state index is 12.9. The molecule has 1 N–H and O–H groups in total. The van der Waals surface area contributed by atoms with Gasteiger partial charge in [0.05, 0.1) is 4.92 Å². The van der Waals surface area contributed by atoms with Crippen LogP contribution in [0.25, 0.3) is 0 Å². The Morgan fingerprint density at radius 2 is 2.19 bits per heavy atom. The number of nitro benzene ring substituents is 1. The first-order valence-corrected chi connectivity index (χ1v) is 6.01. The van der Waals surface area contributed by atoms with Crippen LogP contribution in [0.15, 0.2) is 18.2 Å². The monoisotopic (exact) mass is 290 g/mol. The lowest BCUT2D eigenvalue weighted by molar-refractivity contribution is -0.384. The molecular formula is C10H12BrFN2O2. The number of hydrogen-bond acceptors (Lipinski definition) is 3. The summed E-state index contributed by atoms with van der Waals surface area (Å²) in [5.74, 6) is -0.478. The summed E-state index contributed by atoms with van der Waals surface area (Å²) in [6.07, 6.45) is 1.84. The molecule has 0 saturated heterocycles. The van der Waals surface area contributed by atoms with E-state index in [0.717, 1.165) is 30.3 Å². The molecule has 1 rings (SSSR count). The van der Waals surface area contributed by atoms with E-state index in [1.54, 1.807) is 0 Å². The average Bonchev–Trinajstić information content (AvgIpc) is 2.24. The van der Waals surface area contributed by atoms with Gasteiger partial charge in [0.2, 0.25) is 0 Å². The molecule has 0 aliphatic rings. The van der Waals surface area contributed by atoms with Gasteiger partial charge < -0.3 is 5.32 Å². The SMILES string of the molecule is O=[N+]([O-])c1ccc(F)cc1NCCCCBr. The molecule has 1 aromatic rings. The molecule has 0 aliphatic carbocycles. The molecule has 4 nitrogen and oxygen atoms in total. The molecule has 6 heteroatoms. The molecule has 0 aliphatic heterocycles. The number of nitrogens with one attached hydrogen (secondary N) is 1. The Balaban J connectivity index is 2.68. The molecule has 0 radical (unpaired) electrons. The first-order chi connectivity index (χ1) is 7.65. The lowest BCUT2D eigenvalue weighted by Gasteiger charge is -2.06. The second-order valence-electron chi connectivity index (χ2n) is 3.24. The molecule has 0 spiro atoms.